The van der Waals surface area contributed by atoms with Gasteiger partial charge >= 0.3 is 0 Å². The number of rotatable bonds is 6. The third-order valence-electron chi connectivity index (χ3n) is 6.29. The molecule has 2 amide bonds. The van der Waals surface area contributed by atoms with Gasteiger partial charge in [0, 0.05) is 12.2 Å². The minimum absolute atomic E-state index is 0.217. The first kappa shape index (κ1) is 22.1. The molecule has 2 aromatic heterocycles. The summed E-state index contributed by atoms with van der Waals surface area (Å²) in [5.74, 6) is -0.447. The fourth-order valence-corrected chi connectivity index (χ4v) is 5.10. The first-order valence-electron chi connectivity index (χ1n) is 11.4. The highest BCUT2D eigenvalue weighted by molar-refractivity contribution is 7.13. The van der Waals surface area contributed by atoms with Crippen molar-refractivity contribution in [3.8, 4) is 10.6 Å². The van der Waals surface area contributed by atoms with E-state index in [0.29, 0.717) is 17.9 Å². The predicted octanol–water partition coefficient (Wildman–Crippen LogP) is 4.91. The summed E-state index contributed by atoms with van der Waals surface area (Å²) in [4.78, 5) is 30.2. The summed E-state index contributed by atoms with van der Waals surface area (Å²) in [5, 5.41) is 9.74. The van der Waals surface area contributed by atoms with Crippen LogP contribution in [-0.4, -0.2) is 27.1 Å². The molecule has 1 atom stereocenters. The van der Waals surface area contributed by atoms with Gasteiger partial charge in [-0.1, -0.05) is 55.5 Å². The molecule has 2 aromatic carbocycles. The molecule has 0 unspecified atom stereocenters. The fourth-order valence-electron chi connectivity index (χ4n) is 4.41. The number of nitrogens with one attached hydrogen (secondary N) is 1. The van der Waals surface area contributed by atoms with Gasteiger partial charge in [-0.25, -0.2) is 0 Å². The van der Waals surface area contributed by atoms with Gasteiger partial charge in [0.15, 0.2) is 0 Å². The molecule has 0 spiro atoms. The second kappa shape index (κ2) is 8.91. The Hall–Kier alpha value is -3.71. The number of anilines is 1. The van der Waals surface area contributed by atoms with Crippen LogP contribution >= 0.6 is 11.3 Å². The number of aromatic nitrogens is 2. The molecule has 1 aliphatic rings. The van der Waals surface area contributed by atoms with Crippen molar-refractivity contribution in [2.24, 2.45) is 0 Å². The number of carbonyl (C=O) groups excluding carboxylic acids is 2. The topological polar surface area (TPSA) is 67.2 Å². The van der Waals surface area contributed by atoms with Crippen molar-refractivity contribution in [1.29, 1.82) is 0 Å². The van der Waals surface area contributed by atoms with Crippen LogP contribution < -0.4 is 10.2 Å². The second-order valence-electron chi connectivity index (χ2n) is 8.66. The van der Waals surface area contributed by atoms with Crippen molar-refractivity contribution in [1.82, 2.24) is 15.1 Å². The van der Waals surface area contributed by atoms with E-state index in [2.05, 4.69) is 12.2 Å². The SMILES string of the molecule is CCc1cccc(N2C(=O)c3cc(-c4cccs4)nn3C[C@@]2(C)C(=O)NCc2ccccc2)c1. The van der Waals surface area contributed by atoms with Crippen LogP contribution in [0, 0.1) is 0 Å². The lowest BCUT2D eigenvalue weighted by atomic mass is 9.93. The number of fused-ring (bicyclic) bond motifs is 1. The summed E-state index contributed by atoms with van der Waals surface area (Å²) in [6.45, 7) is 4.54. The van der Waals surface area contributed by atoms with Gasteiger partial charge < -0.3 is 5.32 Å². The molecule has 172 valence electrons. The summed E-state index contributed by atoms with van der Waals surface area (Å²) in [6, 6.07) is 23.4. The van der Waals surface area contributed by atoms with Gasteiger partial charge in [-0.05, 0) is 54.1 Å². The van der Waals surface area contributed by atoms with Gasteiger partial charge in [0.2, 0.25) is 5.91 Å². The van der Waals surface area contributed by atoms with E-state index in [4.69, 9.17) is 5.10 Å². The van der Waals surface area contributed by atoms with Gasteiger partial charge in [-0.2, -0.15) is 5.10 Å². The summed E-state index contributed by atoms with van der Waals surface area (Å²) in [5.41, 5.74) is 2.90. The third kappa shape index (κ3) is 3.92. The average molecular weight is 471 g/mol. The van der Waals surface area contributed by atoms with E-state index in [9.17, 15) is 9.59 Å². The van der Waals surface area contributed by atoms with E-state index >= 15 is 0 Å². The van der Waals surface area contributed by atoms with Crippen LogP contribution in [0.15, 0.2) is 78.2 Å². The number of carbonyl (C=O) groups is 2. The Morgan fingerprint density at radius 3 is 2.59 bits per heavy atom. The first-order valence-corrected chi connectivity index (χ1v) is 12.2. The van der Waals surface area contributed by atoms with Gasteiger partial charge in [0.25, 0.3) is 5.91 Å². The molecule has 6 nitrogen and oxygen atoms in total. The zero-order valence-electron chi connectivity index (χ0n) is 19.2. The van der Waals surface area contributed by atoms with E-state index in [0.717, 1.165) is 28.1 Å². The Kier molecular flexibility index (Phi) is 5.79. The fraction of sp³-hybridized carbons (Fsp3) is 0.222. The molecule has 0 saturated heterocycles. The maximum Gasteiger partial charge on any atom is 0.277 e. The molecule has 0 saturated carbocycles. The summed E-state index contributed by atoms with van der Waals surface area (Å²) >= 11 is 1.57. The summed E-state index contributed by atoms with van der Waals surface area (Å²) in [6.07, 6.45) is 0.841. The van der Waals surface area contributed by atoms with Crippen LogP contribution in [0.2, 0.25) is 0 Å². The molecule has 0 bridgehead atoms. The Morgan fingerprint density at radius 1 is 1.06 bits per heavy atom. The predicted molar refractivity (Wildman–Crippen MR) is 135 cm³/mol. The molecule has 3 heterocycles. The Morgan fingerprint density at radius 2 is 1.85 bits per heavy atom. The molecule has 1 N–H and O–H groups in total. The standard InChI is InChI=1S/C27H26N4O2S/c1-3-19-11-7-12-21(15-19)31-25(32)23-16-22(24-13-8-14-34-24)29-30(23)18-27(31,2)26(33)28-17-20-9-5-4-6-10-20/h4-16H,3,17-18H2,1-2H3,(H,28,33)/t27-/m0/s1. The van der Waals surface area contributed by atoms with Crippen LogP contribution in [0.4, 0.5) is 5.69 Å². The number of aryl methyl sites for hydroxylation is 1. The second-order valence-corrected chi connectivity index (χ2v) is 9.60. The molecule has 0 fully saturated rings. The lowest BCUT2D eigenvalue weighted by molar-refractivity contribution is -0.126. The number of hydrogen-bond donors (Lipinski definition) is 1. The smallest absolute Gasteiger partial charge is 0.277 e. The highest BCUT2D eigenvalue weighted by Crippen LogP contribution is 2.35. The van der Waals surface area contributed by atoms with Gasteiger partial charge in [0.05, 0.1) is 11.4 Å². The van der Waals surface area contributed by atoms with Crippen LogP contribution in [0.3, 0.4) is 0 Å². The van der Waals surface area contributed by atoms with E-state index < -0.39 is 5.54 Å². The highest BCUT2D eigenvalue weighted by atomic mass is 32.1. The van der Waals surface area contributed by atoms with E-state index in [-0.39, 0.29) is 18.4 Å². The number of thiophene rings is 1. The maximum absolute atomic E-state index is 13.9. The largest absolute Gasteiger partial charge is 0.350 e. The van der Waals surface area contributed by atoms with Crippen LogP contribution in [0.25, 0.3) is 10.6 Å². The molecule has 34 heavy (non-hydrogen) atoms. The summed E-state index contributed by atoms with van der Waals surface area (Å²) < 4.78 is 1.68. The average Bonchev–Trinajstić information content (AvgIpc) is 3.53. The molecule has 7 heteroatoms. The van der Waals surface area contributed by atoms with Crippen LogP contribution in [0.5, 0.6) is 0 Å². The molecule has 0 radical (unpaired) electrons. The van der Waals surface area contributed by atoms with Crippen molar-refractivity contribution in [3.05, 3.63) is 95.0 Å². The quantitative estimate of drug-likeness (QED) is 0.435. The van der Waals surface area contributed by atoms with Gasteiger partial charge in [-0.3, -0.25) is 19.2 Å². The molecular weight excluding hydrogens is 444 g/mol. The number of benzene rings is 2. The van der Waals surface area contributed by atoms with Crippen LogP contribution in [-0.2, 0) is 24.3 Å². The molecule has 0 aliphatic carbocycles. The lowest BCUT2D eigenvalue weighted by Crippen LogP contribution is -2.64. The molecular formula is C27H26N4O2S. The minimum atomic E-state index is -1.15. The third-order valence-corrected chi connectivity index (χ3v) is 7.18. The molecule has 1 aliphatic heterocycles. The minimum Gasteiger partial charge on any atom is -0.350 e. The van der Waals surface area contributed by atoms with Crippen molar-refractivity contribution in [2.75, 3.05) is 4.90 Å². The molecule has 4 aromatic rings. The number of hydrogen-bond acceptors (Lipinski definition) is 4. The van der Waals surface area contributed by atoms with Crippen molar-refractivity contribution >= 4 is 28.8 Å². The zero-order valence-corrected chi connectivity index (χ0v) is 20.0. The highest BCUT2D eigenvalue weighted by Gasteiger charge is 2.48. The number of amides is 2. The first-order chi connectivity index (χ1) is 16.5. The zero-order chi connectivity index (χ0) is 23.7. The van der Waals surface area contributed by atoms with Crippen molar-refractivity contribution in [3.63, 3.8) is 0 Å². The molecule has 5 rings (SSSR count). The normalized spacial score (nSPS) is 17.5. The Bertz CT molecular complexity index is 1330. The van der Waals surface area contributed by atoms with E-state index in [1.54, 1.807) is 20.9 Å². The van der Waals surface area contributed by atoms with Gasteiger partial charge in [-0.15, -0.1) is 11.3 Å². The monoisotopic (exact) mass is 470 g/mol. The van der Waals surface area contributed by atoms with Crippen LogP contribution in [0.1, 0.15) is 35.5 Å². The Labute approximate surface area is 202 Å². The van der Waals surface area contributed by atoms with Crippen molar-refractivity contribution in [2.45, 2.75) is 38.9 Å². The van der Waals surface area contributed by atoms with Crippen molar-refractivity contribution < 1.29 is 9.59 Å². The maximum atomic E-state index is 13.9. The number of nitrogens with zero attached hydrogens (tertiary/aromatic N) is 3. The Balaban J connectivity index is 1.55. The van der Waals surface area contributed by atoms with E-state index in [1.165, 1.54) is 0 Å². The lowest BCUT2D eigenvalue weighted by Gasteiger charge is -2.43. The van der Waals surface area contributed by atoms with E-state index in [1.807, 2.05) is 85.1 Å². The van der Waals surface area contributed by atoms with Gasteiger partial charge in [0.1, 0.15) is 16.9 Å². The summed E-state index contributed by atoms with van der Waals surface area (Å²) in [7, 11) is 0.